The van der Waals surface area contributed by atoms with E-state index in [2.05, 4.69) is 5.32 Å². The van der Waals surface area contributed by atoms with Gasteiger partial charge < -0.3 is 20.1 Å². The maximum atomic E-state index is 14.1. The standard InChI is InChI=1S/C26H35ClN2O5S/c1-6-34-24(33)19-18-23(32)29(16(13-30)12-14(2)3)21(26(18)11-10-25(19,5)35-26)22(31)28-20-15(4)8-7-9-17(20)27/h7-9,14,16,18-19,21,30H,6,10-13H2,1-5H3,(H,28,31)/t16-,18+,19+,21?,25-,26?/m1/s1. The third kappa shape index (κ3) is 4.15. The van der Waals surface area contributed by atoms with E-state index in [1.165, 1.54) is 0 Å². The fourth-order valence-electron chi connectivity index (χ4n) is 6.45. The van der Waals surface area contributed by atoms with Crippen molar-refractivity contribution in [2.24, 2.45) is 17.8 Å². The Hall–Kier alpha value is -1.77. The number of halogens is 1. The first-order chi connectivity index (χ1) is 16.5. The molecule has 2 bridgehead atoms. The number of anilines is 1. The number of aryl methyl sites for hydroxylation is 1. The van der Waals surface area contributed by atoms with Crippen LogP contribution in [0.15, 0.2) is 18.2 Å². The maximum absolute atomic E-state index is 14.1. The molecule has 9 heteroatoms. The van der Waals surface area contributed by atoms with Crippen LogP contribution in [0.5, 0.6) is 0 Å². The fraction of sp³-hybridized carbons (Fsp3) is 0.654. The molecule has 2 amide bonds. The second kappa shape index (κ2) is 9.60. The largest absolute Gasteiger partial charge is 0.466 e. The van der Waals surface area contributed by atoms with Gasteiger partial charge in [0.15, 0.2) is 0 Å². The van der Waals surface area contributed by atoms with Crippen LogP contribution >= 0.6 is 23.4 Å². The first-order valence-electron chi connectivity index (χ1n) is 12.4. The summed E-state index contributed by atoms with van der Waals surface area (Å²) in [5, 5.41) is 13.7. The number of benzene rings is 1. The quantitative estimate of drug-likeness (QED) is 0.500. The zero-order valence-corrected chi connectivity index (χ0v) is 22.5. The molecule has 3 aliphatic heterocycles. The summed E-state index contributed by atoms with van der Waals surface area (Å²) < 4.78 is 4.16. The average Bonchev–Trinajstić information content (AvgIpc) is 3.35. The van der Waals surface area contributed by atoms with Crippen molar-refractivity contribution in [3.8, 4) is 0 Å². The number of fused-ring (bicyclic) bond motifs is 1. The summed E-state index contributed by atoms with van der Waals surface area (Å²) in [6.07, 6.45) is 1.89. The fourth-order valence-corrected chi connectivity index (χ4v) is 9.05. The topological polar surface area (TPSA) is 95.9 Å². The Bertz CT molecular complexity index is 1010. The number of carbonyl (C=O) groups excluding carboxylic acids is 3. The lowest BCUT2D eigenvalue weighted by Gasteiger charge is -2.37. The predicted molar refractivity (Wildman–Crippen MR) is 137 cm³/mol. The van der Waals surface area contributed by atoms with Crippen LogP contribution in [0.3, 0.4) is 0 Å². The molecule has 0 aliphatic carbocycles. The van der Waals surface area contributed by atoms with Gasteiger partial charge in [-0.2, -0.15) is 0 Å². The van der Waals surface area contributed by atoms with Crippen molar-refractivity contribution in [1.29, 1.82) is 0 Å². The van der Waals surface area contributed by atoms with Crippen molar-refractivity contribution in [2.45, 2.75) is 75.5 Å². The second-order valence-electron chi connectivity index (χ2n) is 10.6. The van der Waals surface area contributed by atoms with Crippen molar-refractivity contribution >= 4 is 46.8 Å². The number of nitrogens with zero attached hydrogens (tertiary/aromatic N) is 1. The number of para-hydroxylation sites is 1. The molecule has 1 aromatic rings. The zero-order chi connectivity index (χ0) is 25.7. The van der Waals surface area contributed by atoms with E-state index in [9.17, 15) is 19.5 Å². The number of aliphatic hydroxyl groups excluding tert-OH is 1. The highest BCUT2D eigenvalue weighted by Crippen LogP contribution is 2.71. The number of likely N-dealkylation sites (tertiary alicyclic amines) is 1. The van der Waals surface area contributed by atoms with E-state index in [0.717, 1.165) is 5.56 Å². The maximum Gasteiger partial charge on any atom is 0.311 e. The van der Waals surface area contributed by atoms with Crippen LogP contribution in [0.25, 0.3) is 0 Å². The SMILES string of the molecule is CCOC(=O)[C@@H]1[C@H]2C(=O)N([C@@H](CO)CC(C)C)C(C(=O)Nc3c(C)cccc3Cl)C23CC[C@@]1(C)S3. The zero-order valence-electron chi connectivity index (χ0n) is 21.0. The molecule has 0 radical (unpaired) electrons. The van der Waals surface area contributed by atoms with Crippen LogP contribution in [-0.2, 0) is 19.1 Å². The van der Waals surface area contributed by atoms with Crippen LogP contribution in [0.1, 0.15) is 52.5 Å². The monoisotopic (exact) mass is 522 g/mol. The molecule has 6 atom stereocenters. The first kappa shape index (κ1) is 26.3. The molecular formula is C26H35ClN2O5S. The number of ether oxygens (including phenoxy) is 1. The molecule has 2 unspecified atom stereocenters. The van der Waals surface area contributed by atoms with Crippen LogP contribution in [0, 0.1) is 24.7 Å². The number of hydrogen-bond donors (Lipinski definition) is 2. The highest BCUT2D eigenvalue weighted by atomic mass is 35.5. The Labute approximate surface area is 216 Å². The van der Waals surface area contributed by atoms with Crippen LogP contribution in [0.4, 0.5) is 5.69 Å². The van der Waals surface area contributed by atoms with Gasteiger partial charge in [0, 0.05) is 4.75 Å². The lowest BCUT2D eigenvalue weighted by Crippen LogP contribution is -2.55. The number of thioether (sulfide) groups is 1. The molecule has 1 spiro atoms. The molecule has 192 valence electrons. The van der Waals surface area contributed by atoms with E-state index in [1.54, 1.807) is 29.7 Å². The van der Waals surface area contributed by atoms with Gasteiger partial charge in [-0.3, -0.25) is 14.4 Å². The van der Waals surface area contributed by atoms with Gasteiger partial charge in [0.05, 0.1) is 46.5 Å². The van der Waals surface area contributed by atoms with E-state index < -0.39 is 33.4 Å². The minimum absolute atomic E-state index is 0.203. The van der Waals surface area contributed by atoms with Gasteiger partial charge in [-0.1, -0.05) is 37.6 Å². The third-order valence-electron chi connectivity index (χ3n) is 7.82. The summed E-state index contributed by atoms with van der Waals surface area (Å²) in [4.78, 5) is 42.9. The molecule has 3 aliphatic rings. The van der Waals surface area contributed by atoms with Crippen molar-refractivity contribution in [3.05, 3.63) is 28.8 Å². The summed E-state index contributed by atoms with van der Waals surface area (Å²) in [6, 6.07) is 4.03. The number of hydrogen-bond acceptors (Lipinski definition) is 6. The Balaban J connectivity index is 1.80. The smallest absolute Gasteiger partial charge is 0.311 e. The molecule has 0 saturated carbocycles. The number of carbonyl (C=O) groups is 3. The van der Waals surface area contributed by atoms with Gasteiger partial charge in [-0.25, -0.2) is 0 Å². The molecule has 0 aromatic heterocycles. The highest BCUT2D eigenvalue weighted by molar-refractivity contribution is 8.02. The Morgan fingerprint density at radius 3 is 2.66 bits per heavy atom. The lowest BCUT2D eigenvalue weighted by molar-refractivity contribution is -0.155. The number of esters is 1. The van der Waals surface area contributed by atoms with Gasteiger partial charge in [-0.15, -0.1) is 11.8 Å². The summed E-state index contributed by atoms with van der Waals surface area (Å²) >= 11 is 8.00. The van der Waals surface area contributed by atoms with Crippen molar-refractivity contribution in [2.75, 3.05) is 18.5 Å². The van der Waals surface area contributed by atoms with E-state index in [0.29, 0.717) is 30.0 Å². The van der Waals surface area contributed by atoms with Gasteiger partial charge in [0.25, 0.3) is 0 Å². The van der Waals surface area contributed by atoms with Crippen molar-refractivity contribution in [1.82, 2.24) is 4.90 Å². The van der Waals surface area contributed by atoms with E-state index in [-0.39, 0.29) is 36.9 Å². The third-order valence-corrected chi connectivity index (χ3v) is 10.1. The van der Waals surface area contributed by atoms with E-state index >= 15 is 0 Å². The lowest BCUT2D eigenvalue weighted by atomic mass is 9.66. The summed E-state index contributed by atoms with van der Waals surface area (Å²) in [6.45, 7) is 9.65. The van der Waals surface area contributed by atoms with Crippen LogP contribution in [0.2, 0.25) is 5.02 Å². The number of amides is 2. The predicted octanol–water partition coefficient (Wildman–Crippen LogP) is 4.04. The summed E-state index contributed by atoms with van der Waals surface area (Å²) in [5.74, 6) is -2.05. The molecule has 2 N–H and O–H groups in total. The molecule has 3 fully saturated rings. The van der Waals surface area contributed by atoms with Crippen molar-refractivity contribution < 1.29 is 24.2 Å². The van der Waals surface area contributed by atoms with Gasteiger partial charge >= 0.3 is 5.97 Å². The first-order valence-corrected chi connectivity index (χ1v) is 13.6. The Morgan fingerprint density at radius 1 is 1.34 bits per heavy atom. The molecule has 35 heavy (non-hydrogen) atoms. The molecule has 4 rings (SSSR count). The summed E-state index contributed by atoms with van der Waals surface area (Å²) in [5.41, 5.74) is 1.33. The Kier molecular flexibility index (Phi) is 7.21. The highest BCUT2D eigenvalue weighted by Gasteiger charge is 2.78. The van der Waals surface area contributed by atoms with E-state index in [1.807, 2.05) is 39.8 Å². The molecular weight excluding hydrogens is 488 g/mol. The molecule has 7 nitrogen and oxygen atoms in total. The van der Waals surface area contributed by atoms with Gasteiger partial charge in [-0.05, 0) is 57.6 Å². The average molecular weight is 523 g/mol. The van der Waals surface area contributed by atoms with Gasteiger partial charge in [0.1, 0.15) is 6.04 Å². The normalized spacial score (nSPS) is 32.2. The van der Waals surface area contributed by atoms with Crippen molar-refractivity contribution in [3.63, 3.8) is 0 Å². The Morgan fingerprint density at radius 2 is 2.06 bits per heavy atom. The number of rotatable bonds is 8. The van der Waals surface area contributed by atoms with Crippen LogP contribution < -0.4 is 5.32 Å². The van der Waals surface area contributed by atoms with Crippen LogP contribution in [-0.4, -0.2) is 62.6 Å². The number of nitrogens with one attached hydrogen (secondary N) is 1. The molecule has 3 saturated heterocycles. The molecule has 3 heterocycles. The summed E-state index contributed by atoms with van der Waals surface area (Å²) in [7, 11) is 0. The molecule has 1 aromatic carbocycles. The van der Waals surface area contributed by atoms with E-state index in [4.69, 9.17) is 16.3 Å². The minimum Gasteiger partial charge on any atom is -0.466 e. The second-order valence-corrected chi connectivity index (χ2v) is 12.9. The number of aliphatic hydroxyl groups is 1. The van der Waals surface area contributed by atoms with Gasteiger partial charge in [0.2, 0.25) is 11.8 Å². The minimum atomic E-state index is -0.835.